The Labute approximate surface area is 85.5 Å². The smallest absolute Gasteiger partial charge is 0.304 e. The van der Waals surface area contributed by atoms with Crippen LogP contribution in [0.4, 0.5) is 0 Å². The summed E-state index contributed by atoms with van der Waals surface area (Å²) in [6, 6.07) is 0.0338. The van der Waals surface area contributed by atoms with Gasteiger partial charge in [-0.05, 0) is 19.4 Å². The molecule has 0 spiro atoms. The van der Waals surface area contributed by atoms with Gasteiger partial charge in [0, 0.05) is 19.2 Å². The van der Waals surface area contributed by atoms with Crippen LogP contribution < -0.4 is 0 Å². The number of aliphatic carboxylic acids is 1. The molecule has 0 aliphatic heterocycles. The van der Waals surface area contributed by atoms with E-state index in [2.05, 4.69) is 4.90 Å². The molecule has 0 aromatic rings. The van der Waals surface area contributed by atoms with Gasteiger partial charge in [0.25, 0.3) is 0 Å². The zero-order chi connectivity index (χ0) is 11.1. The molecule has 0 saturated carbocycles. The highest BCUT2D eigenvalue weighted by Gasteiger charge is 2.16. The van der Waals surface area contributed by atoms with Crippen molar-refractivity contribution in [2.24, 2.45) is 5.92 Å². The van der Waals surface area contributed by atoms with Crippen molar-refractivity contribution in [3.8, 4) is 0 Å². The second-order valence-corrected chi connectivity index (χ2v) is 3.82. The zero-order valence-corrected chi connectivity index (χ0v) is 9.23. The molecule has 0 fully saturated rings. The molecule has 2 N–H and O–H groups in total. The summed E-state index contributed by atoms with van der Waals surface area (Å²) in [5.41, 5.74) is 0. The van der Waals surface area contributed by atoms with Crippen LogP contribution in [0, 0.1) is 5.92 Å². The molecule has 4 heteroatoms. The van der Waals surface area contributed by atoms with Crippen molar-refractivity contribution in [3.05, 3.63) is 0 Å². The molecule has 2 unspecified atom stereocenters. The summed E-state index contributed by atoms with van der Waals surface area (Å²) in [6.45, 7) is 7.58. The van der Waals surface area contributed by atoms with E-state index in [-0.39, 0.29) is 25.0 Å². The van der Waals surface area contributed by atoms with Crippen molar-refractivity contribution in [2.45, 2.75) is 33.2 Å². The molecule has 4 nitrogen and oxygen atoms in total. The highest BCUT2D eigenvalue weighted by Crippen LogP contribution is 2.07. The van der Waals surface area contributed by atoms with E-state index >= 15 is 0 Å². The quantitative estimate of drug-likeness (QED) is 0.642. The lowest BCUT2D eigenvalue weighted by Crippen LogP contribution is -2.38. The number of hydrogen-bond acceptors (Lipinski definition) is 3. The van der Waals surface area contributed by atoms with Crippen LogP contribution in [0.5, 0.6) is 0 Å². The van der Waals surface area contributed by atoms with E-state index in [4.69, 9.17) is 10.2 Å². The molecule has 2 atom stereocenters. The van der Waals surface area contributed by atoms with Gasteiger partial charge in [0.05, 0.1) is 6.42 Å². The van der Waals surface area contributed by atoms with Crippen LogP contribution in [0.15, 0.2) is 0 Å². The maximum atomic E-state index is 10.5. The number of carboxylic acid groups (broad SMARTS) is 1. The first-order chi connectivity index (χ1) is 6.51. The van der Waals surface area contributed by atoms with E-state index in [0.29, 0.717) is 0 Å². The number of aliphatic hydroxyl groups excluding tert-OH is 1. The topological polar surface area (TPSA) is 60.8 Å². The van der Waals surface area contributed by atoms with E-state index in [9.17, 15) is 4.79 Å². The van der Waals surface area contributed by atoms with Crippen LogP contribution in [-0.2, 0) is 4.79 Å². The van der Waals surface area contributed by atoms with Crippen molar-refractivity contribution >= 4 is 5.97 Å². The van der Waals surface area contributed by atoms with Gasteiger partial charge in [-0.3, -0.25) is 4.79 Å². The first-order valence-corrected chi connectivity index (χ1v) is 5.07. The highest BCUT2D eigenvalue weighted by atomic mass is 16.4. The third kappa shape index (κ3) is 5.19. The molecule has 14 heavy (non-hydrogen) atoms. The molecule has 0 aromatic carbocycles. The lowest BCUT2D eigenvalue weighted by Gasteiger charge is -2.28. The van der Waals surface area contributed by atoms with Gasteiger partial charge < -0.3 is 15.1 Å². The lowest BCUT2D eigenvalue weighted by atomic mass is 10.1. The monoisotopic (exact) mass is 203 g/mol. The van der Waals surface area contributed by atoms with Gasteiger partial charge in [0.15, 0.2) is 0 Å². The fourth-order valence-electron chi connectivity index (χ4n) is 1.46. The summed E-state index contributed by atoms with van der Waals surface area (Å²) in [5.74, 6) is -0.571. The van der Waals surface area contributed by atoms with Gasteiger partial charge in [-0.25, -0.2) is 0 Å². The maximum absolute atomic E-state index is 10.5. The predicted molar refractivity (Wildman–Crippen MR) is 55.2 cm³/mol. The molecule has 0 saturated heterocycles. The summed E-state index contributed by atoms with van der Waals surface area (Å²) in [4.78, 5) is 12.6. The number of nitrogens with zero attached hydrogens (tertiary/aromatic N) is 1. The summed E-state index contributed by atoms with van der Waals surface area (Å²) in [7, 11) is 0. The van der Waals surface area contributed by atoms with Gasteiger partial charge in [-0.1, -0.05) is 13.8 Å². The van der Waals surface area contributed by atoms with E-state index in [1.165, 1.54) is 0 Å². The molecule has 0 aromatic heterocycles. The average molecular weight is 203 g/mol. The molecule has 84 valence electrons. The Morgan fingerprint density at radius 3 is 2.36 bits per heavy atom. The fraction of sp³-hybridized carbons (Fsp3) is 0.900. The van der Waals surface area contributed by atoms with Crippen molar-refractivity contribution in [1.82, 2.24) is 4.90 Å². The fourth-order valence-corrected chi connectivity index (χ4v) is 1.46. The number of carbonyl (C=O) groups is 1. The van der Waals surface area contributed by atoms with Crippen LogP contribution in [0.2, 0.25) is 0 Å². The summed E-state index contributed by atoms with van der Waals surface area (Å²) < 4.78 is 0. The number of rotatable bonds is 7. The van der Waals surface area contributed by atoms with Crippen LogP contribution in [0.25, 0.3) is 0 Å². The van der Waals surface area contributed by atoms with Crippen LogP contribution >= 0.6 is 0 Å². The first-order valence-electron chi connectivity index (χ1n) is 5.07. The van der Waals surface area contributed by atoms with E-state index in [1.54, 1.807) is 0 Å². The summed E-state index contributed by atoms with van der Waals surface area (Å²) >= 11 is 0. The molecule has 0 rings (SSSR count). The molecular formula is C10H21NO3. The molecule has 0 radical (unpaired) electrons. The van der Waals surface area contributed by atoms with Crippen molar-refractivity contribution in [3.63, 3.8) is 0 Å². The Morgan fingerprint density at radius 1 is 1.43 bits per heavy atom. The molecule has 0 amide bonds. The van der Waals surface area contributed by atoms with Crippen molar-refractivity contribution in [1.29, 1.82) is 0 Å². The summed E-state index contributed by atoms with van der Waals surface area (Å²) in [6.07, 6.45) is 0.159. The Balaban J connectivity index is 4.04. The Bertz CT molecular complexity index is 173. The zero-order valence-electron chi connectivity index (χ0n) is 9.23. The number of carboxylic acids is 1. The van der Waals surface area contributed by atoms with Gasteiger partial charge >= 0.3 is 5.97 Å². The Morgan fingerprint density at radius 2 is 2.00 bits per heavy atom. The SMILES string of the molecule is CCN(CC(C)CO)C(C)CC(=O)O. The van der Waals surface area contributed by atoms with Crippen LogP contribution in [0.3, 0.4) is 0 Å². The first kappa shape index (κ1) is 13.4. The van der Waals surface area contributed by atoms with Crippen LogP contribution in [-0.4, -0.2) is 46.8 Å². The lowest BCUT2D eigenvalue weighted by molar-refractivity contribution is -0.138. The largest absolute Gasteiger partial charge is 0.481 e. The summed E-state index contributed by atoms with van der Waals surface area (Å²) in [5, 5.41) is 17.5. The van der Waals surface area contributed by atoms with E-state index < -0.39 is 5.97 Å². The third-order valence-electron chi connectivity index (χ3n) is 2.36. The minimum atomic E-state index is -0.771. The van der Waals surface area contributed by atoms with Gasteiger partial charge in [-0.2, -0.15) is 0 Å². The predicted octanol–water partition coefficient (Wildman–Crippen LogP) is 0.800. The molecule has 0 heterocycles. The Kier molecular flexibility index (Phi) is 6.49. The minimum Gasteiger partial charge on any atom is -0.481 e. The van der Waals surface area contributed by atoms with Gasteiger partial charge in [0.1, 0.15) is 0 Å². The minimum absolute atomic E-state index is 0.0338. The Hall–Kier alpha value is -0.610. The number of hydrogen-bond donors (Lipinski definition) is 2. The number of aliphatic hydroxyl groups is 1. The van der Waals surface area contributed by atoms with E-state index in [0.717, 1.165) is 13.1 Å². The second-order valence-electron chi connectivity index (χ2n) is 3.82. The van der Waals surface area contributed by atoms with Crippen LogP contribution in [0.1, 0.15) is 27.2 Å². The van der Waals surface area contributed by atoms with E-state index in [1.807, 2.05) is 20.8 Å². The third-order valence-corrected chi connectivity index (χ3v) is 2.36. The van der Waals surface area contributed by atoms with Crippen molar-refractivity contribution < 1.29 is 15.0 Å². The normalized spacial score (nSPS) is 15.5. The molecule has 0 bridgehead atoms. The second kappa shape index (κ2) is 6.79. The molecular weight excluding hydrogens is 182 g/mol. The standard InChI is InChI=1S/C10H21NO3/c1-4-11(6-8(2)7-12)9(3)5-10(13)14/h8-9,12H,4-7H2,1-3H3,(H,13,14). The molecule has 0 aliphatic carbocycles. The maximum Gasteiger partial charge on any atom is 0.304 e. The van der Waals surface area contributed by atoms with Gasteiger partial charge in [-0.15, -0.1) is 0 Å². The highest BCUT2D eigenvalue weighted by molar-refractivity contribution is 5.67. The van der Waals surface area contributed by atoms with Gasteiger partial charge in [0.2, 0.25) is 0 Å². The average Bonchev–Trinajstić information content (AvgIpc) is 2.12. The molecule has 0 aliphatic rings. The van der Waals surface area contributed by atoms with Crippen molar-refractivity contribution in [2.75, 3.05) is 19.7 Å².